The van der Waals surface area contributed by atoms with Crippen molar-refractivity contribution in [2.45, 2.75) is 26.3 Å². The molecule has 27 heavy (non-hydrogen) atoms. The molecule has 142 valence electrons. The fraction of sp³-hybridized carbons (Fsp3) is 0.500. The topological polar surface area (TPSA) is 119 Å². The van der Waals surface area contributed by atoms with Crippen molar-refractivity contribution < 1.29 is 28.4 Å². The van der Waals surface area contributed by atoms with Crippen LogP contribution < -0.4 is 5.32 Å². The molecule has 1 saturated carbocycles. The van der Waals surface area contributed by atoms with Gasteiger partial charge in [0.1, 0.15) is 11.8 Å². The Bertz CT molecular complexity index is 829. The zero-order chi connectivity index (χ0) is 19.3. The molecule has 1 N–H and O–H groups in total. The number of ether oxygens (including phenoxy) is 1. The van der Waals surface area contributed by atoms with E-state index in [2.05, 4.69) is 10.5 Å². The van der Waals surface area contributed by atoms with Gasteiger partial charge in [0, 0.05) is 6.07 Å². The molecule has 2 heterocycles. The molecule has 2 aliphatic carbocycles. The number of hydrogen-bond donors (Lipinski definition) is 1. The van der Waals surface area contributed by atoms with Crippen molar-refractivity contribution in [3.8, 4) is 0 Å². The van der Waals surface area contributed by atoms with Crippen molar-refractivity contribution in [1.82, 2.24) is 10.1 Å². The molecule has 9 nitrogen and oxygen atoms in total. The average molecular weight is 373 g/mol. The van der Waals surface area contributed by atoms with E-state index in [1.54, 1.807) is 6.92 Å². The largest absolute Gasteiger partial charge is 0.454 e. The van der Waals surface area contributed by atoms with Crippen LogP contribution >= 0.6 is 0 Å². The highest BCUT2D eigenvalue weighted by molar-refractivity contribution is 6.09. The average Bonchev–Trinajstić information content (AvgIpc) is 3.38. The lowest BCUT2D eigenvalue weighted by molar-refractivity contribution is -0.159. The van der Waals surface area contributed by atoms with Gasteiger partial charge in [0.05, 0.1) is 11.8 Å². The lowest BCUT2D eigenvalue weighted by atomic mass is 9.85. The summed E-state index contributed by atoms with van der Waals surface area (Å²) in [4.78, 5) is 50.5. The molecule has 9 heteroatoms. The quantitative estimate of drug-likeness (QED) is 0.457. The Morgan fingerprint density at radius 2 is 1.93 bits per heavy atom. The first-order chi connectivity index (χ1) is 12.9. The molecule has 0 spiro atoms. The van der Waals surface area contributed by atoms with Crippen molar-refractivity contribution >= 4 is 29.5 Å². The number of fused-ring (bicyclic) bond motifs is 5. The Hall–Kier alpha value is -2.97. The van der Waals surface area contributed by atoms with Crippen LogP contribution in [0.1, 0.15) is 19.1 Å². The molecule has 3 amide bonds. The van der Waals surface area contributed by atoms with Crippen LogP contribution in [0.25, 0.3) is 0 Å². The summed E-state index contributed by atoms with van der Waals surface area (Å²) in [5, 5.41) is 6.02. The third-order valence-corrected chi connectivity index (χ3v) is 5.47. The zero-order valence-electron chi connectivity index (χ0n) is 14.9. The Kier molecular flexibility index (Phi) is 4.09. The number of amides is 3. The maximum Gasteiger partial charge on any atom is 0.329 e. The van der Waals surface area contributed by atoms with Gasteiger partial charge in [-0.2, -0.15) is 0 Å². The number of aromatic nitrogens is 1. The fourth-order valence-corrected chi connectivity index (χ4v) is 4.27. The van der Waals surface area contributed by atoms with Gasteiger partial charge in [0.2, 0.25) is 11.8 Å². The van der Waals surface area contributed by atoms with Crippen LogP contribution in [0.15, 0.2) is 22.7 Å². The van der Waals surface area contributed by atoms with Crippen molar-refractivity contribution in [2.75, 3.05) is 11.9 Å². The predicted octanol–water partition coefficient (Wildman–Crippen LogP) is 0.660. The van der Waals surface area contributed by atoms with Crippen LogP contribution in [-0.4, -0.2) is 46.4 Å². The first-order valence-electron chi connectivity index (χ1n) is 8.82. The monoisotopic (exact) mass is 373 g/mol. The minimum absolute atomic E-state index is 0.0707. The summed E-state index contributed by atoms with van der Waals surface area (Å²) in [7, 11) is 0. The molecule has 5 atom stereocenters. The van der Waals surface area contributed by atoms with Gasteiger partial charge in [-0.05, 0) is 32.1 Å². The predicted molar refractivity (Wildman–Crippen MR) is 89.9 cm³/mol. The number of allylic oxidation sites excluding steroid dienone is 2. The zero-order valence-corrected chi connectivity index (χ0v) is 14.9. The van der Waals surface area contributed by atoms with Crippen molar-refractivity contribution in [3.63, 3.8) is 0 Å². The van der Waals surface area contributed by atoms with Crippen LogP contribution in [0.5, 0.6) is 0 Å². The number of aryl methyl sites for hydroxylation is 1. The first-order valence-corrected chi connectivity index (χ1v) is 8.82. The highest BCUT2D eigenvalue weighted by Crippen LogP contribution is 2.52. The molecule has 0 aromatic carbocycles. The smallest absolute Gasteiger partial charge is 0.329 e. The van der Waals surface area contributed by atoms with Gasteiger partial charge in [-0.3, -0.25) is 19.3 Å². The number of carbonyl (C=O) groups excluding carboxylic acids is 4. The molecule has 3 aliphatic rings. The van der Waals surface area contributed by atoms with Gasteiger partial charge in [-0.15, -0.1) is 0 Å². The van der Waals surface area contributed by atoms with Crippen LogP contribution in [0.4, 0.5) is 5.82 Å². The van der Waals surface area contributed by atoms with E-state index >= 15 is 0 Å². The van der Waals surface area contributed by atoms with E-state index in [1.165, 1.54) is 13.0 Å². The Morgan fingerprint density at radius 1 is 1.30 bits per heavy atom. The van der Waals surface area contributed by atoms with E-state index < -0.39 is 24.5 Å². The van der Waals surface area contributed by atoms with E-state index in [-0.39, 0.29) is 41.3 Å². The van der Waals surface area contributed by atoms with Crippen LogP contribution in [-0.2, 0) is 23.9 Å². The maximum absolute atomic E-state index is 12.7. The molecule has 0 radical (unpaired) electrons. The van der Waals surface area contributed by atoms with Gasteiger partial charge in [-0.1, -0.05) is 17.3 Å². The maximum atomic E-state index is 12.7. The number of esters is 1. The summed E-state index contributed by atoms with van der Waals surface area (Å²) < 4.78 is 9.79. The molecule has 1 aromatic rings. The third-order valence-electron chi connectivity index (χ3n) is 5.47. The molecule has 1 saturated heterocycles. The SMILES string of the molecule is Cc1cc(NC(=O)COC(=O)[C@H](C)N2C(=O)[C@@H]3[C@H](C2=O)[C@H]2C=C[C@H]3C2)no1. The number of anilines is 1. The number of likely N-dealkylation sites (tertiary alicyclic amines) is 1. The standard InChI is InChI=1S/C18H19N3O6/c1-8-5-12(20-27-8)19-13(22)7-26-18(25)9(2)21-16(23)14-10-3-4-11(6-10)15(14)17(21)24/h3-5,9-11,14-15H,6-7H2,1-2H3,(H,19,20,22)/t9-,10-,11-,14-,15+/m0/s1. The Morgan fingerprint density at radius 3 is 2.48 bits per heavy atom. The van der Waals surface area contributed by atoms with E-state index in [0.717, 1.165) is 11.3 Å². The van der Waals surface area contributed by atoms with Crippen molar-refractivity contribution in [3.05, 3.63) is 24.0 Å². The van der Waals surface area contributed by atoms with Gasteiger partial charge in [0.15, 0.2) is 12.4 Å². The van der Waals surface area contributed by atoms with Gasteiger partial charge < -0.3 is 14.6 Å². The normalized spacial score (nSPS) is 29.2. The van der Waals surface area contributed by atoms with Gasteiger partial charge >= 0.3 is 5.97 Å². The Labute approximate surface area is 154 Å². The van der Waals surface area contributed by atoms with Gasteiger partial charge in [0.25, 0.3) is 5.91 Å². The van der Waals surface area contributed by atoms with E-state index in [0.29, 0.717) is 5.76 Å². The lowest BCUT2D eigenvalue weighted by Crippen LogP contribution is -2.45. The summed E-state index contributed by atoms with van der Waals surface area (Å²) in [6, 6.07) is 0.447. The lowest BCUT2D eigenvalue weighted by Gasteiger charge is -2.22. The molecule has 1 aliphatic heterocycles. The molecular formula is C18H19N3O6. The van der Waals surface area contributed by atoms with Crippen molar-refractivity contribution in [2.24, 2.45) is 23.7 Å². The highest BCUT2D eigenvalue weighted by atomic mass is 16.5. The number of rotatable bonds is 5. The molecule has 2 fully saturated rings. The van der Waals surface area contributed by atoms with E-state index in [9.17, 15) is 19.2 Å². The first kappa shape index (κ1) is 17.4. The number of carbonyl (C=O) groups is 4. The van der Waals surface area contributed by atoms with Crippen LogP contribution in [0.3, 0.4) is 0 Å². The fourth-order valence-electron chi connectivity index (χ4n) is 4.27. The molecule has 4 rings (SSSR count). The summed E-state index contributed by atoms with van der Waals surface area (Å²) in [5.41, 5.74) is 0. The summed E-state index contributed by atoms with van der Waals surface area (Å²) in [6.45, 7) is 2.56. The van der Waals surface area contributed by atoms with Crippen LogP contribution in [0.2, 0.25) is 0 Å². The molecular weight excluding hydrogens is 354 g/mol. The van der Waals surface area contributed by atoms with Crippen LogP contribution in [0, 0.1) is 30.6 Å². The summed E-state index contributed by atoms with van der Waals surface area (Å²) >= 11 is 0. The number of hydrogen-bond acceptors (Lipinski definition) is 7. The van der Waals surface area contributed by atoms with E-state index in [4.69, 9.17) is 9.26 Å². The third kappa shape index (κ3) is 2.83. The molecule has 0 unspecified atom stereocenters. The second-order valence-corrected chi connectivity index (χ2v) is 7.20. The van der Waals surface area contributed by atoms with Gasteiger partial charge in [-0.25, -0.2) is 4.79 Å². The van der Waals surface area contributed by atoms with Crippen molar-refractivity contribution in [1.29, 1.82) is 0 Å². The second-order valence-electron chi connectivity index (χ2n) is 7.20. The van der Waals surface area contributed by atoms with E-state index in [1.807, 2.05) is 12.2 Å². The Balaban J connectivity index is 1.35. The molecule has 1 aromatic heterocycles. The number of nitrogens with one attached hydrogen (secondary N) is 1. The summed E-state index contributed by atoms with van der Waals surface area (Å²) in [6.07, 6.45) is 4.79. The number of nitrogens with zero attached hydrogens (tertiary/aromatic N) is 2. The second kappa shape index (κ2) is 6.33. The highest BCUT2D eigenvalue weighted by Gasteiger charge is 2.60. The summed E-state index contributed by atoms with van der Waals surface area (Å²) in [5.74, 6) is -1.92. The minimum Gasteiger partial charge on any atom is -0.454 e. The molecule has 2 bridgehead atoms. The minimum atomic E-state index is -1.07. The number of imide groups is 1.